The first kappa shape index (κ1) is 21.2. The van der Waals surface area contributed by atoms with Gasteiger partial charge in [0.1, 0.15) is 18.2 Å². The maximum atomic E-state index is 12.5. The van der Waals surface area contributed by atoms with E-state index in [1.165, 1.54) is 0 Å². The molecule has 27 heavy (non-hydrogen) atoms. The number of hydrogen-bond acceptors (Lipinski definition) is 7. The summed E-state index contributed by atoms with van der Waals surface area (Å²) in [5.41, 5.74) is 0.0438. The molecule has 0 unspecified atom stereocenters. The van der Waals surface area contributed by atoms with Crippen LogP contribution in [0.1, 0.15) is 32.8 Å². The molecule has 0 spiro atoms. The van der Waals surface area contributed by atoms with Crippen LogP contribution in [0.15, 0.2) is 30.3 Å². The number of benzene rings is 1. The van der Waals surface area contributed by atoms with Crippen molar-refractivity contribution in [3.63, 3.8) is 0 Å². The van der Waals surface area contributed by atoms with Gasteiger partial charge in [0, 0.05) is 6.42 Å². The normalized spacial score (nSPS) is 20.4. The molecule has 1 aromatic rings. The average Bonchev–Trinajstić information content (AvgIpc) is 2.94. The molecule has 9 heteroatoms. The van der Waals surface area contributed by atoms with E-state index in [9.17, 15) is 18.0 Å². The van der Waals surface area contributed by atoms with Crippen molar-refractivity contribution in [1.29, 1.82) is 0 Å². The van der Waals surface area contributed by atoms with Gasteiger partial charge in [-0.1, -0.05) is 30.3 Å². The predicted molar refractivity (Wildman–Crippen MR) is 97.3 cm³/mol. The Morgan fingerprint density at radius 1 is 1.19 bits per heavy atom. The molecule has 0 radical (unpaired) electrons. The maximum absolute atomic E-state index is 12.5. The number of esters is 1. The number of nitrogens with zero attached hydrogens (tertiary/aromatic N) is 1. The van der Waals surface area contributed by atoms with E-state index in [4.69, 9.17) is 13.7 Å². The quantitative estimate of drug-likeness (QED) is 0.552. The Morgan fingerprint density at radius 2 is 1.81 bits per heavy atom. The van der Waals surface area contributed by atoms with Crippen molar-refractivity contribution in [2.24, 2.45) is 0 Å². The Bertz CT molecular complexity index is 771. The van der Waals surface area contributed by atoms with Crippen LogP contribution in [0.3, 0.4) is 0 Å². The third-order valence-electron chi connectivity index (χ3n) is 3.70. The summed E-state index contributed by atoms with van der Waals surface area (Å²) in [4.78, 5) is 26.1. The lowest BCUT2D eigenvalue weighted by molar-refractivity contribution is -0.150. The summed E-state index contributed by atoms with van der Waals surface area (Å²) in [6, 6.07) is 8.13. The molecule has 1 heterocycles. The van der Waals surface area contributed by atoms with Gasteiger partial charge in [-0.05, 0) is 26.3 Å². The molecule has 0 aliphatic carbocycles. The zero-order valence-corrected chi connectivity index (χ0v) is 16.7. The molecule has 1 aromatic carbocycles. The lowest BCUT2D eigenvalue weighted by Crippen LogP contribution is -2.44. The minimum atomic E-state index is -3.73. The summed E-state index contributed by atoms with van der Waals surface area (Å²) in [5, 5.41) is 0. The average molecular weight is 399 g/mol. The van der Waals surface area contributed by atoms with Crippen LogP contribution in [-0.4, -0.2) is 55.9 Å². The van der Waals surface area contributed by atoms with E-state index in [1.54, 1.807) is 20.8 Å². The number of rotatable bonds is 5. The number of hydrogen-bond donors (Lipinski definition) is 0. The van der Waals surface area contributed by atoms with Crippen LogP contribution in [-0.2, 0) is 35.2 Å². The Labute approximate surface area is 159 Å². The lowest BCUT2D eigenvalue weighted by Gasteiger charge is -2.27. The highest BCUT2D eigenvalue weighted by molar-refractivity contribution is 7.86. The molecule has 1 aliphatic heterocycles. The fraction of sp³-hybridized carbons (Fsp3) is 0.556. The van der Waals surface area contributed by atoms with Gasteiger partial charge in [0.25, 0.3) is 10.1 Å². The van der Waals surface area contributed by atoms with Gasteiger partial charge in [-0.3, -0.25) is 9.08 Å². The van der Waals surface area contributed by atoms with Crippen LogP contribution in [0.5, 0.6) is 0 Å². The minimum Gasteiger partial charge on any atom is -0.459 e. The number of carbonyl (C=O) groups excluding carboxylic acids is 2. The van der Waals surface area contributed by atoms with Gasteiger partial charge in [0.05, 0.1) is 18.9 Å². The highest BCUT2D eigenvalue weighted by Crippen LogP contribution is 2.25. The van der Waals surface area contributed by atoms with Crippen molar-refractivity contribution in [2.45, 2.75) is 51.5 Å². The van der Waals surface area contributed by atoms with Crippen molar-refractivity contribution < 1.29 is 31.7 Å². The van der Waals surface area contributed by atoms with Crippen molar-refractivity contribution >= 4 is 22.2 Å². The summed E-state index contributed by atoms with van der Waals surface area (Å²) in [6.07, 6.45) is -0.614. The zero-order chi connectivity index (χ0) is 20.2. The number of likely N-dealkylation sites (tertiary alicyclic amines) is 1. The van der Waals surface area contributed by atoms with Gasteiger partial charge in [0.15, 0.2) is 0 Å². The third kappa shape index (κ3) is 6.84. The van der Waals surface area contributed by atoms with Crippen molar-refractivity contribution in [3.8, 4) is 0 Å². The van der Waals surface area contributed by atoms with E-state index >= 15 is 0 Å². The largest absolute Gasteiger partial charge is 0.459 e. The highest BCUT2D eigenvalue weighted by atomic mass is 32.2. The summed E-state index contributed by atoms with van der Waals surface area (Å²) < 4.78 is 38.4. The molecule has 0 N–H and O–H groups in total. The Balaban J connectivity index is 2.10. The van der Waals surface area contributed by atoms with Crippen molar-refractivity contribution in [1.82, 2.24) is 4.90 Å². The van der Waals surface area contributed by atoms with Crippen LogP contribution < -0.4 is 0 Å². The standard InChI is InChI=1S/C18H25NO7S/c1-18(2,3)25-17(21)19-11-14(26-27(4,22)23)10-15(19)16(20)24-12-13-8-6-5-7-9-13/h5-9,14-15H,10-12H2,1-4H3/t14-,15-/m0/s1. The second kappa shape index (κ2) is 8.26. The second-order valence-electron chi connectivity index (χ2n) is 7.40. The highest BCUT2D eigenvalue weighted by Gasteiger charge is 2.44. The maximum Gasteiger partial charge on any atom is 0.411 e. The second-order valence-corrected chi connectivity index (χ2v) is 9.00. The summed E-state index contributed by atoms with van der Waals surface area (Å²) in [6.45, 7) is 5.08. The monoisotopic (exact) mass is 399 g/mol. The molecule has 0 saturated carbocycles. The molecule has 2 rings (SSSR count). The summed E-state index contributed by atoms with van der Waals surface area (Å²) >= 11 is 0. The SMILES string of the molecule is CC(C)(C)OC(=O)N1C[C@@H](OS(C)(=O)=O)C[C@H]1C(=O)OCc1ccccc1. The smallest absolute Gasteiger partial charge is 0.411 e. The Kier molecular flexibility index (Phi) is 6.48. The minimum absolute atomic E-state index is 0.0138. The molecule has 0 aromatic heterocycles. The van der Waals surface area contributed by atoms with Crippen LogP contribution in [0, 0.1) is 0 Å². The molecule has 1 saturated heterocycles. The fourth-order valence-electron chi connectivity index (χ4n) is 2.69. The first-order chi connectivity index (χ1) is 12.4. The van der Waals surface area contributed by atoms with Crippen LogP contribution >= 0.6 is 0 Å². The lowest BCUT2D eigenvalue weighted by atomic mass is 10.2. The molecular formula is C18H25NO7S. The Morgan fingerprint density at radius 3 is 2.37 bits per heavy atom. The van der Waals surface area contributed by atoms with Crippen LogP contribution in [0.25, 0.3) is 0 Å². The van der Waals surface area contributed by atoms with Gasteiger partial charge in [-0.2, -0.15) is 8.42 Å². The topological polar surface area (TPSA) is 99.2 Å². The third-order valence-corrected chi connectivity index (χ3v) is 4.32. The van der Waals surface area contributed by atoms with E-state index in [-0.39, 0.29) is 19.6 Å². The number of amides is 1. The predicted octanol–water partition coefficient (Wildman–Crippen LogP) is 2.08. The van der Waals surface area contributed by atoms with Crippen molar-refractivity contribution in [2.75, 3.05) is 12.8 Å². The van der Waals surface area contributed by atoms with Gasteiger partial charge < -0.3 is 9.47 Å². The van der Waals surface area contributed by atoms with Gasteiger partial charge >= 0.3 is 12.1 Å². The molecular weight excluding hydrogens is 374 g/mol. The van der Waals surface area contributed by atoms with Gasteiger partial charge in [-0.15, -0.1) is 0 Å². The van der Waals surface area contributed by atoms with E-state index in [1.807, 2.05) is 30.3 Å². The van der Waals surface area contributed by atoms with Crippen LogP contribution in [0.4, 0.5) is 4.79 Å². The Hall–Kier alpha value is -2.13. The first-order valence-corrected chi connectivity index (χ1v) is 10.3. The molecule has 1 amide bonds. The van der Waals surface area contributed by atoms with E-state index in [0.29, 0.717) is 0 Å². The van der Waals surface area contributed by atoms with E-state index < -0.39 is 39.9 Å². The fourth-order valence-corrected chi connectivity index (χ4v) is 3.32. The molecule has 150 valence electrons. The van der Waals surface area contributed by atoms with E-state index in [2.05, 4.69) is 0 Å². The van der Waals surface area contributed by atoms with Crippen molar-refractivity contribution in [3.05, 3.63) is 35.9 Å². The first-order valence-electron chi connectivity index (χ1n) is 8.53. The zero-order valence-electron chi connectivity index (χ0n) is 15.9. The summed E-state index contributed by atoms with van der Waals surface area (Å²) in [7, 11) is -3.73. The molecule has 2 atom stereocenters. The summed E-state index contributed by atoms with van der Waals surface area (Å²) in [5.74, 6) is -0.635. The molecule has 0 bridgehead atoms. The molecule has 8 nitrogen and oxygen atoms in total. The number of ether oxygens (including phenoxy) is 2. The molecule has 1 aliphatic rings. The van der Waals surface area contributed by atoms with Crippen LogP contribution in [0.2, 0.25) is 0 Å². The number of carbonyl (C=O) groups is 2. The van der Waals surface area contributed by atoms with E-state index in [0.717, 1.165) is 16.7 Å². The van der Waals surface area contributed by atoms with Gasteiger partial charge in [-0.25, -0.2) is 9.59 Å². The van der Waals surface area contributed by atoms with Gasteiger partial charge in [0.2, 0.25) is 0 Å². The molecule has 1 fully saturated rings.